The topological polar surface area (TPSA) is 83.0 Å². The normalized spacial score (nSPS) is 11.5. The van der Waals surface area contributed by atoms with E-state index >= 15 is 0 Å². The summed E-state index contributed by atoms with van der Waals surface area (Å²) in [6, 6.07) is 11.4. The van der Waals surface area contributed by atoms with Crippen molar-refractivity contribution in [3.63, 3.8) is 0 Å². The van der Waals surface area contributed by atoms with E-state index in [1.165, 1.54) is 23.1 Å². The van der Waals surface area contributed by atoms with Gasteiger partial charge in [-0.2, -0.15) is 0 Å². The van der Waals surface area contributed by atoms with Crippen LogP contribution in [0.15, 0.2) is 42.5 Å². The highest BCUT2D eigenvalue weighted by Gasteiger charge is 2.19. The first kappa shape index (κ1) is 23.0. The number of quaternary nitrogens is 1. The molecule has 0 saturated carbocycles. The van der Waals surface area contributed by atoms with Crippen molar-refractivity contribution in [2.75, 3.05) is 44.4 Å². The lowest BCUT2D eigenvalue weighted by Gasteiger charge is -2.20. The molecule has 0 spiro atoms. The average molecular weight is 415 g/mol. The second-order valence-electron chi connectivity index (χ2n) is 7.49. The molecule has 3 N–H and O–H groups in total. The molecule has 3 amide bonds. The van der Waals surface area contributed by atoms with Crippen LogP contribution in [0.25, 0.3) is 0 Å². The molecule has 0 saturated heterocycles. The quantitative estimate of drug-likeness (QED) is 0.601. The molecule has 0 aliphatic rings. The highest BCUT2D eigenvalue weighted by atomic mass is 19.1. The van der Waals surface area contributed by atoms with Crippen LogP contribution in [0.5, 0.6) is 0 Å². The van der Waals surface area contributed by atoms with Crippen molar-refractivity contribution in [2.45, 2.75) is 13.8 Å². The maximum Gasteiger partial charge on any atom is 0.279 e. The van der Waals surface area contributed by atoms with Crippen molar-refractivity contribution in [3.05, 3.63) is 59.4 Å². The minimum Gasteiger partial charge on any atom is -0.332 e. The Morgan fingerprint density at radius 1 is 1.00 bits per heavy atom. The number of rotatable bonds is 8. The average Bonchev–Trinajstić information content (AvgIpc) is 2.64. The van der Waals surface area contributed by atoms with Gasteiger partial charge in [0.1, 0.15) is 5.82 Å². The lowest BCUT2D eigenvalue weighted by Crippen LogP contribution is -3.11. The number of nitrogens with zero attached hydrogens (tertiary/aromatic N) is 1. The van der Waals surface area contributed by atoms with E-state index in [1.807, 2.05) is 32.0 Å². The second kappa shape index (κ2) is 10.5. The number of anilines is 2. The van der Waals surface area contributed by atoms with Gasteiger partial charge in [-0.05, 0) is 49.2 Å². The minimum absolute atomic E-state index is 0.0325. The van der Waals surface area contributed by atoms with Gasteiger partial charge in [-0.15, -0.1) is 0 Å². The summed E-state index contributed by atoms with van der Waals surface area (Å²) in [5, 5.41) is 5.42. The molecule has 0 bridgehead atoms. The first-order valence-electron chi connectivity index (χ1n) is 9.62. The Hall–Kier alpha value is -3.26. The van der Waals surface area contributed by atoms with Crippen molar-refractivity contribution >= 4 is 29.1 Å². The summed E-state index contributed by atoms with van der Waals surface area (Å²) in [5.74, 6) is -1.33. The van der Waals surface area contributed by atoms with Crippen molar-refractivity contribution in [1.82, 2.24) is 4.90 Å². The summed E-state index contributed by atoms with van der Waals surface area (Å²) in [4.78, 5) is 38.7. The van der Waals surface area contributed by atoms with E-state index in [2.05, 4.69) is 10.6 Å². The standard InChI is InChI=1S/C22H27FN4O3/c1-15-8-9-16(2)19(10-15)25-21(29)13-27(4)22(30)14-26(3)12-20(28)24-18-7-5-6-17(23)11-18/h5-11H,12-14H2,1-4H3,(H,24,28)(H,25,29)/p+1. The van der Waals surface area contributed by atoms with Crippen LogP contribution in [0.3, 0.4) is 0 Å². The molecule has 1 atom stereocenters. The van der Waals surface area contributed by atoms with Gasteiger partial charge in [-0.3, -0.25) is 14.4 Å². The highest BCUT2D eigenvalue weighted by Crippen LogP contribution is 2.16. The van der Waals surface area contributed by atoms with Crippen LogP contribution in [0.2, 0.25) is 0 Å². The molecule has 1 unspecified atom stereocenters. The Morgan fingerprint density at radius 3 is 2.43 bits per heavy atom. The SMILES string of the molecule is Cc1ccc(C)c(NC(=O)CN(C)C(=O)C[NH+](C)CC(=O)Nc2cccc(F)c2)c1. The second-order valence-corrected chi connectivity index (χ2v) is 7.49. The fourth-order valence-corrected chi connectivity index (χ4v) is 2.86. The molecule has 2 aromatic carbocycles. The molecule has 0 aliphatic carbocycles. The lowest BCUT2D eigenvalue weighted by molar-refractivity contribution is -0.862. The van der Waals surface area contributed by atoms with Gasteiger partial charge in [-0.25, -0.2) is 4.39 Å². The number of amides is 3. The molecule has 160 valence electrons. The molecular formula is C22H28FN4O3+. The number of carbonyl (C=O) groups excluding carboxylic acids is 3. The van der Waals surface area contributed by atoms with Gasteiger partial charge in [0, 0.05) is 18.4 Å². The summed E-state index contributed by atoms with van der Waals surface area (Å²) in [6.07, 6.45) is 0. The third-order valence-electron chi connectivity index (χ3n) is 4.50. The number of likely N-dealkylation sites (N-methyl/N-ethyl adjacent to an activating group) is 2. The molecule has 0 fully saturated rings. The Bertz CT molecular complexity index is 932. The van der Waals surface area contributed by atoms with Crippen LogP contribution in [0.1, 0.15) is 11.1 Å². The van der Waals surface area contributed by atoms with Crippen molar-refractivity contribution in [3.8, 4) is 0 Å². The molecule has 0 aromatic heterocycles. The maximum absolute atomic E-state index is 13.2. The number of carbonyl (C=O) groups is 3. The van der Waals surface area contributed by atoms with Crippen LogP contribution in [-0.4, -0.2) is 56.4 Å². The van der Waals surface area contributed by atoms with E-state index in [0.29, 0.717) is 10.6 Å². The molecule has 0 radical (unpaired) electrons. The molecule has 30 heavy (non-hydrogen) atoms. The van der Waals surface area contributed by atoms with Gasteiger partial charge in [-0.1, -0.05) is 18.2 Å². The number of nitrogens with one attached hydrogen (secondary N) is 3. The summed E-state index contributed by atoms with van der Waals surface area (Å²) in [5.41, 5.74) is 3.05. The zero-order valence-electron chi connectivity index (χ0n) is 17.7. The van der Waals surface area contributed by atoms with Crippen molar-refractivity contribution < 1.29 is 23.7 Å². The summed E-state index contributed by atoms with van der Waals surface area (Å²) < 4.78 is 13.2. The third kappa shape index (κ3) is 7.29. The molecule has 2 aromatic rings. The Kier molecular flexibility index (Phi) is 8.06. The van der Waals surface area contributed by atoms with Crippen LogP contribution < -0.4 is 15.5 Å². The van der Waals surface area contributed by atoms with E-state index in [1.54, 1.807) is 20.2 Å². The summed E-state index contributed by atoms with van der Waals surface area (Å²) in [6.45, 7) is 3.83. The van der Waals surface area contributed by atoms with Crippen LogP contribution in [0.4, 0.5) is 15.8 Å². The summed E-state index contributed by atoms with van der Waals surface area (Å²) in [7, 11) is 3.25. The maximum atomic E-state index is 13.2. The minimum atomic E-state index is -0.440. The first-order valence-corrected chi connectivity index (χ1v) is 9.62. The highest BCUT2D eigenvalue weighted by molar-refractivity contribution is 5.95. The number of hydrogen-bond acceptors (Lipinski definition) is 3. The Balaban J connectivity index is 1.80. The number of aryl methyl sites for hydroxylation is 2. The smallest absolute Gasteiger partial charge is 0.279 e. The van der Waals surface area contributed by atoms with Crippen molar-refractivity contribution in [2.24, 2.45) is 0 Å². The van der Waals surface area contributed by atoms with Gasteiger partial charge >= 0.3 is 0 Å². The number of halogens is 1. The predicted molar refractivity (Wildman–Crippen MR) is 114 cm³/mol. The van der Waals surface area contributed by atoms with E-state index < -0.39 is 5.82 Å². The van der Waals surface area contributed by atoms with E-state index in [-0.39, 0.29) is 37.4 Å². The fourth-order valence-electron chi connectivity index (χ4n) is 2.86. The Labute approximate surface area is 175 Å². The monoisotopic (exact) mass is 415 g/mol. The zero-order chi connectivity index (χ0) is 22.3. The zero-order valence-corrected chi connectivity index (χ0v) is 17.7. The van der Waals surface area contributed by atoms with Gasteiger partial charge < -0.3 is 20.4 Å². The van der Waals surface area contributed by atoms with Gasteiger partial charge in [0.15, 0.2) is 13.1 Å². The lowest BCUT2D eigenvalue weighted by atomic mass is 10.1. The molecule has 0 aliphatic heterocycles. The predicted octanol–water partition coefficient (Wildman–Crippen LogP) is 0.993. The van der Waals surface area contributed by atoms with Crippen LogP contribution >= 0.6 is 0 Å². The molecule has 0 heterocycles. The van der Waals surface area contributed by atoms with E-state index in [4.69, 9.17) is 0 Å². The summed E-state index contributed by atoms with van der Waals surface area (Å²) >= 11 is 0. The van der Waals surface area contributed by atoms with Crippen molar-refractivity contribution in [1.29, 1.82) is 0 Å². The van der Waals surface area contributed by atoms with Crippen LogP contribution in [0, 0.1) is 19.7 Å². The number of benzene rings is 2. The molecule has 8 heteroatoms. The Morgan fingerprint density at radius 2 is 1.73 bits per heavy atom. The number of hydrogen-bond donors (Lipinski definition) is 3. The van der Waals surface area contributed by atoms with Crippen LogP contribution in [-0.2, 0) is 14.4 Å². The molecule has 2 rings (SSSR count). The van der Waals surface area contributed by atoms with Gasteiger partial charge in [0.25, 0.3) is 11.8 Å². The van der Waals surface area contributed by atoms with E-state index in [9.17, 15) is 18.8 Å². The van der Waals surface area contributed by atoms with E-state index in [0.717, 1.165) is 16.8 Å². The van der Waals surface area contributed by atoms with Gasteiger partial charge in [0.05, 0.1) is 13.6 Å². The first-order chi connectivity index (χ1) is 14.1. The van der Waals surface area contributed by atoms with Gasteiger partial charge in [0.2, 0.25) is 5.91 Å². The third-order valence-corrected chi connectivity index (χ3v) is 4.50. The largest absolute Gasteiger partial charge is 0.332 e. The molecule has 7 nitrogen and oxygen atoms in total. The molecular weight excluding hydrogens is 387 g/mol. The fraction of sp³-hybridized carbons (Fsp3) is 0.318.